The van der Waals surface area contributed by atoms with Gasteiger partial charge in [0.15, 0.2) is 0 Å². The summed E-state index contributed by atoms with van der Waals surface area (Å²) in [6, 6.07) is 5.95. The van der Waals surface area contributed by atoms with Crippen molar-refractivity contribution in [1.29, 1.82) is 0 Å². The summed E-state index contributed by atoms with van der Waals surface area (Å²) in [4.78, 5) is 15.4. The zero-order valence-electron chi connectivity index (χ0n) is 11.0. The standard InChI is InChI=1S/C13H17ClN2OS.ClH/c1-9-8-16(6-5-15-9)13(17)11-7-10(18-2)3-4-12(11)14;/h3-4,7,9,15H,5-6,8H2,1-2H3;1H/t9-;/m1./s1. The number of hydrogen-bond donors (Lipinski definition) is 1. The molecule has 0 saturated carbocycles. The van der Waals surface area contributed by atoms with E-state index in [4.69, 9.17) is 11.6 Å². The summed E-state index contributed by atoms with van der Waals surface area (Å²) in [6.07, 6.45) is 1.99. The van der Waals surface area contributed by atoms with Gasteiger partial charge in [-0.25, -0.2) is 0 Å². The number of carbonyl (C=O) groups is 1. The number of carbonyl (C=O) groups excluding carboxylic acids is 1. The van der Waals surface area contributed by atoms with Gasteiger partial charge in [-0.05, 0) is 31.4 Å². The molecule has 1 N–H and O–H groups in total. The van der Waals surface area contributed by atoms with Crippen molar-refractivity contribution in [2.24, 2.45) is 0 Å². The number of benzene rings is 1. The fourth-order valence-corrected chi connectivity index (χ4v) is 2.72. The lowest BCUT2D eigenvalue weighted by Gasteiger charge is -2.32. The zero-order chi connectivity index (χ0) is 13.1. The molecule has 19 heavy (non-hydrogen) atoms. The van der Waals surface area contributed by atoms with Gasteiger partial charge in [-0.3, -0.25) is 4.79 Å². The molecule has 0 radical (unpaired) electrons. The maximum Gasteiger partial charge on any atom is 0.255 e. The first-order valence-electron chi connectivity index (χ1n) is 5.98. The van der Waals surface area contributed by atoms with Gasteiger partial charge in [-0.15, -0.1) is 24.2 Å². The van der Waals surface area contributed by atoms with Gasteiger partial charge in [0.2, 0.25) is 0 Å². The van der Waals surface area contributed by atoms with E-state index < -0.39 is 0 Å². The Kier molecular flexibility index (Phi) is 6.47. The van der Waals surface area contributed by atoms with Gasteiger partial charge in [-0.2, -0.15) is 0 Å². The molecule has 1 saturated heterocycles. The summed E-state index contributed by atoms with van der Waals surface area (Å²) >= 11 is 7.75. The van der Waals surface area contributed by atoms with Crippen molar-refractivity contribution in [3.63, 3.8) is 0 Å². The molecule has 1 atom stereocenters. The number of hydrogen-bond acceptors (Lipinski definition) is 3. The predicted octanol–water partition coefficient (Wildman–Crippen LogP) is 2.92. The van der Waals surface area contributed by atoms with Crippen LogP contribution in [0.4, 0.5) is 0 Å². The highest BCUT2D eigenvalue weighted by molar-refractivity contribution is 7.98. The van der Waals surface area contributed by atoms with Crippen LogP contribution >= 0.6 is 35.8 Å². The van der Waals surface area contributed by atoms with Crippen LogP contribution in [0.2, 0.25) is 5.02 Å². The Morgan fingerprint density at radius 3 is 2.89 bits per heavy atom. The molecule has 2 rings (SSSR count). The van der Waals surface area contributed by atoms with Crippen LogP contribution < -0.4 is 5.32 Å². The Balaban J connectivity index is 0.00000180. The van der Waals surface area contributed by atoms with Crippen LogP contribution in [0.25, 0.3) is 0 Å². The van der Waals surface area contributed by atoms with E-state index in [9.17, 15) is 4.79 Å². The van der Waals surface area contributed by atoms with E-state index in [-0.39, 0.29) is 18.3 Å². The number of amides is 1. The van der Waals surface area contributed by atoms with Crippen molar-refractivity contribution in [1.82, 2.24) is 10.2 Å². The van der Waals surface area contributed by atoms with Crippen molar-refractivity contribution in [3.8, 4) is 0 Å². The molecule has 3 nitrogen and oxygen atoms in total. The maximum atomic E-state index is 12.4. The topological polar surface area (TPSA) is 32.3 Å². The third kappa shape index (κ3) is 4.02. The first-order chi connectivity index (χ1) is 8.61. The van der Waals surface area contributed by atoms with E-state index in [1.165, 1.54) is 0 Å². The van der Waals surface area contributed by atoms with Crippen LogP contribution in [-0.2, 0) is 0 Å². The SMILES string of the molecule is CSc1ccc(Cl)c(C(=O)N2CCN[C@H](C)C2)c1.Cl. The monoisotopic (exact) mass is 320 g/mol. The summed E-state index contributed by atoms with van der Waals surface area (Å²) in [5.74, 6) is 0.0317. The molecule has 1 aromatic rings. The lowest BCUT2D eigenvalue weighted by Crippen LogP contribution is -2.51. The number of thioether (sulfide) groups is 1. The van der Waals surface area contributed by atoms with Crippen molar-refractivity contribution < 1.29 is 4.79 Å². The molecule has 1 heterocycles. The molecule has 1 fully saturated rings. The third-order valence-electron chi connectivity index (χ3n) is 3.06. The van der Waals surface area contributed by atoms with E-state index in [2.05, 4.69) is 12.2 Å². The number of halogens is 2. The highest BCUT2D eigenvalue weighted by Crippen LogP contribution is 2.24. The second-order valence-electron chi connectivity index (χ2n) is 4.45. The highest BCUT2D eigenvalue weighted by Gasteiger charge is 2.23. The predicted molar refractivity (Wildman–Crippen MR) is 83.8 cm³/mol. The summed E-state index contributed by atoms with van der Waals surface area (Å²) in [6.45, 7) is 4.40. The molecule has 0 aliphatic carbocycles. The Bertz CT molecular complexity index is 456. The first kappa shape index (κ1) is 16.6. The summed E-state index contributed by atoms with van der Waals surface area (Å²) < 4.78 is 0. The van der Waals surface area contributed by atoms with Crippen LogP contribution in [0.5, 0.6) is 0 Å². The second kappa shape index (κ2) is 7.39. The van der Waals surface area contributed by atoms with Crippen LogP contribution in [0.3, 0.4) is 0 Å². The minimum atomic E-state index is 0. The van der Waals surface area contributed by atoms with E-state index in [1.54, 1.807) is 17.8 Å². The van der Waals surface area contributed by atoms with Crippen LogP contribution in [0.1, 0.15) is 17.3 Å². The van der Waals surface area contributed by atoms with Crippen molar-refractivity contribution in [3.05, 3.63) is 28.8 Å². The van der Waals surface area contributed by atoms with E-state index in [0.29, 0.717) is 16.6 Å². The fourth-order valence-electron chi connectivity index (χ4n) is 2.08. The fraction of sp³-hybridized carbons (Fsp3) is 0.462. The molecule has 1 aromatic carbocycles. The molecule has 0 unspecified atom stereocenters. The molecule has 106 valence electrons. The van der Waals surface area contributed by atoms with Gasteiger partial charge in [-0.1, -0.05) is 11.6 Å². The Labute approximate surface area is 129 Å². The molecular formula is C13H18Cl2N2OS. The van der Waals surface area contributed by atoms with Gasteiger partial charge < -0.3 is 10.2 Å². The number of piperazine rings is 1. The summed E-state index contributed by atoms with van der Waals surface area (Å²) in [5, 5.41) is 3.86. The number of nitrogens with zero attached hydrogens (tertiary/aromatic N) is 1. The molecule has 1 aliphatic heterocycles. The zero-order valence-corrected chi connectivity index (χ0v) is 13.4. The van der Waals surface area contributed by atoms with E-state index >= 15 is 0 Å². The number of nitrogens with one attached hydrogen (secondary N) is 1. The molecular weight excluding hydrogens is 303 g/mol. The molecule has 1 aliphatic rings. The largest absolute Gasteiger partial charge is 0.336 e. The lowest BCUT2D eigenvalue weighted by molar-refractivity contribution is 0.0709. The van der Waals surface area contributed by atoms with Gasteiger partial charge in [0.05, 0.1) is 10.6 Å². The minimum absolute atomic E-state index is 0. The van der Waals surface area contributed by atoms with Gasteiger partial charge >= 0.3 is 0 Å². The quantitative estimate of drug-likeness (QED) is 0.850. The minimum Gasteiger partial charge on any atom is -0.336 e. The molecule has 1 amide bonds. The van der Waals surface area contributed by atoms with Crippen LogP contribution in [0.15, 0.2) is 23.1 Å². The van der Waals surface area contributed by atoms with Crippen molar-refractivity contribution in [2.45, 2.75) is 17.9 Å². The average molecular weight is 321 g/mol. The third-order valence-corrected chi connectivity index (χ3v) is 4.11. The lowest BCUT2D eigenvalue weighted by atomic mass is 10.1. The van der Waals surface area contributed by atoms with E-state index in [1.807, 2.05) is 23.3 Å². The van der Waals surface area contributed by atoms with Crippen LogP contribution in [-0.4, -0.2) is 42.7 Å². The smallest absolute Gasteiger partial charge is 0.255 e. The second-order valence-corrected chi connectivity index (χ2v) is 5.74. The number of rotatable bonds is 2. The highest BCUT2D eigenvalue weighted by atomic mass is 35.5. The maximum absolute atomic E-state index is 12.4. The van der Waals surface area contributed by atoms with Gasteiger partial charge in [0.1, 0.15) is 0 Å². The molecule has 0 bridgehead atoms. The molecule has 0 spiro atoms. The van der Waals surface area contributed by atoms with Gasteiger partial charge in [0.25, 0.3) is 5.91 Å². The normalized spacial score (nSPS) is 18.9. The van der Waals surface area contributed by atoms with Crippen molar-refractivity contribution in [2.75, 3.05) is 25.9 Å². The molecule has 0 aromatic heterocycles. The molecule has 6 heteroatoms. The Morgan fingerprint density at radius 2 is 2.26 bits per heavy atom. The summed E-state index contributed by atoms with van der Waals surface area (Å²) in [7, 11) is 0. The first-order valence-corrected chi connectivity index (χ1v) is 7.58. The average Bonchev–Trinajstić information content (AvgIpc) is 2.38. The Morgan fingerprint density at radius 1 is 1.53 bits per heavy atom. The van der Waals surface area contributed by atoms with Gasteiger partial charge in [0, 0.05) is 30.6 Å². The van der Waals surface area contributed by atoms with E-state index in [0.717, 1.165) is 24.5 Å². The Hall–Kier alpha value is -0.420. The van der Waals surface area contributed by atoms with Crippen molar-refractivity contribution >= 4 is 41.7 Å². The van der Waals surface area contributed by atoms with Crippen LogP contribution in [0, 0.1) is 0 Å². The summed E-state index contributed by atoms with van der Waals surface area (Å²) in [5.41, 5.74) is 0.609.